The number of rotatable bonds is 10. The number of methoxy groups -OCH3 is 1. The van der Waals surface area contributed by atoms with Gasteiger partial charge in [0.1, 0.15) is 11.6 Å². The van der Waals surface area contributed by atoms with Gasteiger partial charge in [0.2, 0.25) is 0 Å². The summed E-state index contributed by atoms with van der Waals surface area (Å²) in [4.78, 5) is 18.4. The number of carboxylic acids is 1. The number of nitrogens with two attached hydrogens (primary N) is 1. The van der Waals surface area contributed by atoms with Crippen molar-refractivity contribution in [2.45, 2.75) is 30.2 Å². The monoisotopic (exact) mass is 567 g/mol. The fourth-order valence-corrected chi connectivity index (χ4v) is 6.31. The van der Waals surface area contributed by atoms with E-state index in [0.29, 0.717) is 61.5 Å². The minimum Gasteiger partial charge on any atom is -0.497 e. The van der Waals surface area contributed by atoms with Crippen molar-refractivity contribution in [2.75, 3.05) is 32.5 Å². The smallest absolute Gasteiger partial charge is 0.308 e. The fraction of sp³-hybridized carbons (Fsp3) is 0.407. The number of carboxylic acid groups (broad SMARTS) is 1. The standard InChI is InChI=1S/C27H29ClF3N3O3S/c1-37-17-3-5-23-18(12-17)25(20(28)13-33-23)22(32)4-2-15-6-7-34(14-19(15)27(35)36)8-9-38-24-11-16(29)10-21(30)26(24)31/h3,5,10-13,15,19,22H,2,4,6-9,14,32H2,1H3,(H,35,36). The molecule has 1 aromatic heterocycles. The number of aromatic nitrogens is 1. The van der Waals surface area contributed by atoms with Crippen LogP contribution in [0.1, 0.15) is 30.9 Å². The molecule has 3 aromatic rings. The molecule has 0 radical (unpaired) electrons. The van der Waals surface area contributed by atoms with E-state index in [4.69, 9.17) is 22.1 Å². The lowest BCUT2D eigenvalue weighted by molar-refractivity contribution is -0.146. The Morgan fingerprint density at radius 3 is 2.84 bits per heavy atom. The van der Waals surface area contributed by atoms with Crippen LogP contribution in [0.25, 0.3) is 10.9 Å². The van der Waals surface area contributed by atoms with Gasteiger partial charge in [0.05, 0.1) is 23.6 Å². The average molecular weight is 568 g/mol. The lowest BCUT2D eigenvalue weighted by Crippen LogP contribution is -2.44. The third-order valence-corrected chi connectivity index (χ3v) is 8.37. The predicted octanol–water partition coefficient (Wildman–Crippen LogP) is 5.91. The lowest BCUT2D eigenvalue weighted by Gasteiger charge is -2.37. The van der Waals surface area contributed by atoms with E-state index in [0.717, 1.165) is 34.3 Å². The Labute approximate surface area is 228 Å². The molecule has 1 fully saturated rings. The van der Waals surface area contributed by atoms with Crippen molar-refractivity contribution < 1.29 is 27.8 Å². The maximum absolute atomic E-state index is 13.9. The van der Waals surface area contributed by atoms with Crippen LogP contribution < -0.4 is 10.5 Å². The molecule has 4 rings (SSSR count). The van der Waals surface area contributed by atoms with Crippen LogP contribution >= 0.6 is 23.4 Å². The summed E-state index contributed by atoms with van der Waals surface area (Å²) in [5.74, 6) is -3.64. The van der Waals surface area contributed by atoms with E-state index >= 15 is 0 Å². The Kier molecular flexibility index (Phi) is 9.40. The minimum atomic E-state index is -1.22. The van der Waals surface area contributed by atoms with E-state index in [-0.39, 0.29) is 10.8 Å². The molecular formula is C27H29ClF3N3O3S. The van der Waals surface area contributed by atoms with Crippen molar-refractivity contribution in [1.82, 2.24) is 9.88 Å². The largest absolute Gasteiger partial charge is 0.497 e. The number of pyridine rings is 1. The van der Waals surface area contributed by atoms with Gasteiger partial charge >= 0.3 is 5.97 Å². The molecule has 0 spiro atoms. The second kappa shape index (κ2) is 12.5. The van der Waals surface area contributed by atoms with E-state index < -0.39 is 35.4 Å². The van der Waals surface area contributed by atoms with E-state index in [1.165, 1.54) is 0 Å². The molecule has 2 heterocycles. The maximum Gasteiger partial charge on any atom is 0.308 e. The number of hydrogen-bond acceptors (Lipinski definition) is 6. The van der Waals surface area contributed by atoms with Crippen molar-refractivity contribution in [3.05, 3.63) is 64.6 Å². The van der Waals surface area contributed by atoms with Gasteiger partial charge in [0.15, 0.2) is 11.6 Å². The average Bonchev–Trinajstić information content (AvgIpc) is 2.89. The number of aliphatic carboxylic acids is 1. The Morgan fingerprint density at radius 2 is 2.11 bits per heavy atom. The zero-order chi connectivity index (χ0) is 27.4. The summed E-state index contributed by atoms with van der Waals surface area (Å²) in [5.41, 5.74) is 8.08. The molecule has 0 saturated carbocycles. The van der Waals surface area contributed by atoms with Crippen LogP contribution in [0.2, 0.25) is 5.02 Å². The van der Waals surface area contributed by atoms with Gasteiger partial charge in [-0.1, -0.05) is 11.6 Å². The summed E-state index contributed by atoms with van der Waals surface area (Å²) in [6, 6.07) is 6.57. The summed E-state index contributed by atoms with van der Waals surface area (Å²) in [6.07, 6.45) is 3.39. The highest BCUT2D eigenvalue weighted by atomic mass is 35.5. The van der Waals surface area contributed by atoms with Crippen LogP contribution in [0.15, 0.2) is 41.4 Å². The number of fused-ring (bicyclic) bond motifs is 1. The molecule has 38 heavy (non-hydrogen) atoms. The number of carbonyl (C=O) groups is 1. The SMILES string of the molecule is COc1ccc2ncc(Cl)c(C(N)CCC3CCN(CCSc4cc(F)cc(F)c4F)CC3C(=O)O)c2c1. The van der Waals surface area contributed by atoms with E-state index in [2.05, 4.69) is 4.98 Å². The van der Waals surface area contributed by atoms with Gasteiger partial charge in [-0.3, -0.25) is 9.78 Å². The second-order valence-corrected chi connectivity index (χ2v) is 11.0. The van der Waals surface area contributed by atoms with E-state index in [1.54, 1.807) is 13.3 Å². The summed E-state index contributed by atoms with van der Waals surface area (Å²) in [5, 5.41) is 11.2. The highest BCUT2D eigenvalue weighted by molar-refractivity contribution is 7.99. The summed E-state index contributed by atoms with van der Waals surface area (Å²) in [6.45, 7) is 1.48. The number of nitrogens with zero attached hydrogens (tertiary/aromatic N) is 2. The normalized spacial score (nSPS) is 19.0. The first kappa shape index (κ1) is 28.5. The summed E-state index contributed by atoms with van der Waals surface area (Å²) in [7, 11) is 1.58. The fourth-order valence-electron chi connectivity index (χ4n) is 5.03. The zero-order valence-electron chi connectivity index (χ0n) is 20.8. The first-order valence-electron chi connectivity index (χ1n) is 12.3. The predicted molar refractivity (Wildman–Crippen MR) is 142 cm³/mol. The Morgan fingerprint density at radius 1 is 1.32 bits per heavy atom. The number of benzene rings is 2. The number of hydrogen-bond donors (Lipinski definition) is 2. The van der Waals surface area contributed by atoms with Gasteiger partial charge < -0.3 is 20.5 Å². The third-order valence-electron chi connectivity index (χ3n) is 7.07. The third kappa shape index (κ3) is 6.54. The Bertz CT molecular complexity index is 1320. The zero-order valence-corrected chi connectivity index (χ0v) is 22.4. The van der Waals surface area contributed by atoms with Crippen molar-refractivity contribution in [3.63, 3.8) is 0 Å². The van der Waals surface area contributed by atoms with E-state index in [1.807, 2.05) is 23.1 Å². The molecular weight excluding hydrogens is 539 g/mol. The molecule has 1 aliphatic heterocycles. The van der Waals surface area contributed by atoms with E-state index in [9.17, 15) is 23.1 Å². The molecule has 0 amide bonds. The number of halogens is 4. The van der Waals surface area contributed by atoms with Crippen molar-refractivity contribution in [3.8, 4) is 5.75 Å². The topological polar surface area (TPSA) is 88.7 Å². The number of likely N-dealkylation sites (tertiary alicyclic amines) is 1. The summed E-state index contributed by atoms with van der Waals surface area (Å²) < 4.78 is 46.1. The number of thioether (sulfide) groups is 1. The van der Waals surface area contributed by atoms with Gasteiger partial charge in [-0.05, 0) is 61.6 Å². The molecule has 0 aliphatic carbocycles. The first-order chi connectivity index (χ1) is 18.2. The Balaban J connectivity index is 1.36. The van der Waals surface area contributed by atoms with Crippen LogP contribution in [0.4, 0.5) is 13.2 Å². The molecule has 1 saturated heterocycles. The molecule has 11 heteroatoms. The van der Waals surface area contributed by atoms with Crippen molar-refractivity contribution in [2.24, 2.45) is 17.6 Å². The number of ether oxygens (including phenoxy) is 1. The van der Waals surface area contributed by atoms with Gasteiger partial charge in [-0.15, -0.1) is 11.8 Å². The van der Waals surface area contributed by atoms with Gasteiger partial charge in [-0.25, -0.2) is 13.2 Å². The summed E-state index contributed by atoms with van der Waals surface area (Å²) >= 11 is 7.49. The molecule has 204 valence electrons. The van der Waals surface area contributed by atoms with Crippen molar-refractivity contribution in [1.29, 1.82) is 0 Å². The highest BCUT2D eigenvalue weighted by Gasteiger charge is 2.34. The molecule has 3 unspecified atom stereocenters. The van der Waals surface area contributed by atoms with Gasteiger partial charge in [0.25, 0.3) is 0 Å². The van der Waals surface area contributed by atoms with Gasteiger partial charge in [0, 0.05) is 47.4 Å². The first-order valence-corrected chi connectivity index (χ1v) is 13.6. The maximum atomic E-state index is 13.9. The Hall–Kier alpha value is -2.53. The quantitative estimate of drug-likeness (QED) is 0.233. The van der Waals surface area contributed by atoms with Crippen LogP contribution in [0.3, 0.4) is 0 Å². The van der Waals surface area contributed by atoms with Crippen molar-refractivity contribution >= 4 is 40.2 Å². The molecule has 1 aliphatic rings. The second-order valence-electron chi connectivity index (χ2n) is 9.43. The minimum absolute atomic E-state index is 0.0707. The number of piperidine rings is 1. The van der Waals surface area contributed by atoms with Crippen LogP contribution in [0.5, 0.6) is 5.75 Å². The molecule has 3 N–H and O–H groups in total. The molecule has 3 atom stereocenters. The molecule has 0 bridgehead atoms. The van der Waals surface area contributed by atoms with Crippen LogP contribution in [-0.2, 0) is 4.79 Å². The van der Waals surface area contributed by atoms with Crippen LogP contribution in [0, 0.1) is 29.3 Å². The van der Waals surface area contributed by atoms with Gasteiger partial charge in [-0.2, -0.15) is 0 Å². The van der Waals surface area contributed by atoms with Crippen LogP contribution in [-0.4, -0.2) is 53.5 Å². The lowest BCUT2D eigenvalue weighted by atomic mass is 9.81. The molecule has 2 aromatic carbocycles. The highest BCUT2D eigenvalue weighted by Crippen LogP contribution is 2.36. The molecule has 6 nitrogen and oxygen atoms in total.